The Labute approximate surface area is 133 Å². The van der Waals surface area contributed by atoms with Crippen molar-refractivity contribution in [2.24, 2.45) is 0 Å². The summed E-state index contributed by atoms with van der Waals surface area (Å²) in [6, 6.07) is 7.77. The number of anilines is 1. The van der Waals surface area contributed by atoms with Crippen LogP contribution in [-0.4, -0.2) is 38.7 Å². The van der Waals surface area contributed by atoms with E-state index in [1.165, 1.54) is 12.1 Å². The molecule has 0 fully saturated rings. The van der Waals surface area contributed by atoms with Gasteiger partial charge < -0.3 is 10.6 Å². The number of rotatable bonds is 6. The van der Waals surface area contributed by atoms with Gasteiger partial charge in [-0.25, -0.2) is 17.8 Å². The van der Waals surface area contributed by atoms with Crippen molar-refractivity contribution >= 4 is 21.6 Å². The number of hydrogen-bond acceptors (Lipinski definition) is 5. The smallest absolute Gasteiger partial charge is 0.255 e. The van der Waals surface area contributed by atoms with Gasteiger partial charge in [-0.1, -0.05) is 0 Å². The zero-order valence-electron chi connectivity index (χ0n) is 12.4. The van der Waals surface area contributed by atoms with Gasteiger partial charge in [0.25, 0.3) is 5.91 Å². The summed E-state index contributed by atoms with van der Waals surface area (Å²) in [5.41, 5.74) is 0.328. The van der Waals surface area contributed by atoms with E-state index in [2.05, 4.69) is 15.6 Å². The van der Waals surface area contributed by atoms with Crippen molar-refractivity contribution in [2.45, 2.75) is 4.90 Å². The fraction of sp³-hybridized carbons (Fsp3) is 0.200. The molecule has 1 amide bonds. The maximum atomic E-state index is 12.8. The standard InChI is InChI=1S/C15H16FN3O3S/c1-17-14-13(3-2-8-18-14)15(20)19-9-10-23(21,22)12-6-4-11(16)5-7-12/h2-8H,9-10H2,1H3,(H,17,18)(H,19,20). The predicted octanol–water partition coefficient (Wildman–Crippen LogP) is 1.47. The van der Waals surface area contributed by atoms with Crippen LogP contribution < -0.4 is 10.6 Å². The van der Waals surface area contributed by atoms with Crippen molar-refractivity contribution in [3.8, 4) is 0 Å². The summed E-state index contributed by atoms with van der Waals surface area (Å²) in [5.74, 6) is -0.795. The van der Waals surface area contributed by atoms with Gasteiger partial charge in [0, 0.05) is 19.8 Å². The van der Waals surface area contributed by atoms with Crippen LogP contribution in [0.2, 0.25) is 0 Å². The van der Waals surface area contributed by atoms with Gasteiger partial charge in [-0.05, 0) is 36.4 Å². The SMILES string of the molecule is CNc1ncccc1C(=O)NCCS(=O)(=O)c1ccc(F)cc1. The second kappa shape index (κ2) is 7.19. The number of amides is 1. The van der Waals surface area contributed by atoms with E-state index in [1.54, 1.807) is 25.4 Å². The van der Waals surface area contributed by atoms with Gasteiger partial charge in [0.15, 0.2) is 9.84 Å². The van der Waals surface area contributed by atoms with Crippen LogP contribution in [0.25, 0.3) is 0 Å². The Morgan fingerprint density at radius 3 is 2.57 bits per heavy atom. The number of benzene rings is 1. The van der Waals surface area contributed by atoms with Gasteiger partial charge in [-0.15, -0.1) is 0 Å². The lowest BCUT2D eigenvalue weighted by molar-refractivity contribution is 0.0956. The molecule has 23 heavy (non-hydrogen) atoms. The summed E-state index contributed by atoms with van der Waals surface area (Å²) in [5, 5.41) is 5.33. The first-order valence-corrected chi connectivity index (χ1v) is 8.48. The van der Waals surface area contributed by atoms with E-state index in [0.717, 1.165) is 12.1 Å². The van der Waals surface area contributed by atoms with Crippen LogP contribution in [0.15, 0.2) is 47.5 Å². The minimum absolute atomic E-state index is 0.0189. The molecule has 0 unspecified atom stereocenters. The number of carbonyl (C=O) groups excluding carboxylic acids is 1. The van der Waals surface area contributed by atoms with E-state index in [0.29, 0.717) is 11.4 Å². The quantitative estimate of drug-likeness (QED) is 0.779. The highest BCUT2D eigenvalue weighted by molar-refractivity contribution is 7.91. The molecule has 0 radical (unpaired) electrons. The molecule has 2 N–H and O–H groups in total. The molecule has 0 aliphatic carbocycles. The summed E-state index contributed by atoms with van der Waals surface area (Å²) < 4.78 is 37.0. The van der Waals surface area contributed by atoms with Crippen molar-refractivity contribution in [1.82, 2.24) is 10.3 Å². The Morgan fingerprint density at radius 1 is 1.22 bits per heavy atom. The number of nitrogens with zero attached hydrogens (tertiary/aromatic N) is 1. The maximum absolute atomic E-state index is 12.8. The first-order chi connectivity index (χ1) is 10.9. The predicted molar refractivity (Wildman–Crippen MR) is 84.6 cm³/mol. The average Bonchev–Trinajstić information content (AvgIpc) is 2.55. The lowest BCUT2D eigenvalue weighted by Gasteiger charge is -2.09. The fourth-order valence-corrected chi connectivity index (χ4v) is 3.10. The Morgan fingerprint density at radius 2 is 1.91 bits per heavy atom. The highest BCUT2D eigenvalue weighted by atomic mass is 32.2. The van der Waals surface area contributed by atoms with Crippen molar-refractivity contribution in [1.29, 1.82) is 0 Å². The topological polar surface area (TPSA) is 88.2 Å². The molecule has 2 aromatic rings. The van der Waals surface area contributed by atoms with Crippen LogP contribution >= 0.6 is 0 Å². The Balaban J connectivity index is 1.99. The van der Waals surface area contributed by atoms with Crippen molar-refractivity contribution in [3.05, 3.63) is 54.0 Å². The number of aromatic nitrogens is 1. The van der Waals surface area contributed by atoms with Crippen LogP contribution in [0.5, 0.6) is 0 Å². The normalized spacial score (nSPS) is 11.0. The largest absolute Gasteiger partial charge is 0.372 e. The van der Waals surface area contributed by atoms with Gasteiger partial charge in [0.1, 0.15) is 11.6 Å². The highest BCUT2D eigenvalue weighted by Gasteiger charge is 2.16. The van der Waals surface area contributed by atoms with Gasteiger partial charge in [0.05, 0.1) is 16.2 Å². The summed E-state index contributed by atoms with van der Waals surface area (Å²) in [6.07, 6.45) is 1.54. The molecule has 122 valence electrons. The van der Waals surface area contributed by atoms with Gasteiger partial charge in [-0.2, -0.15) is 0 Å². The molecule has 8 heteroatoms. The summed E-state index contributed by atoms with van der Waals surface area (Å²) in [6.45, 7) is -0.0589. The summed E-state index contributed by atoms with van der Waals surface area (Å²) >= 11 is 0. The van der Waals surface area contributed by atoms with E-state index >= 15 is 0 Å². The number of hydrogen-bond donors (Lipinski definition) is 2. The minimum Gasteiger partial charge on any atom is -0.372 e. The van der Waals surface area contributed by atoms with Gasteiger partial charge in [0.2, 0.25) is 0 Å². The summed E-state index contributed by atoms with van der Waals surface area (Å²) in [7, 11) is -1.95. The zero-order valence-corrected chi connectivity index (χ0v) is 13.2. The third kappa shape index (κ3) is 4.26. The molecule has 1 aromatic carbocycles. The minimum atomic E-state index is -3.58. The molecular formula is C15H16FN3O3S. The monoisotopic (exact) mass is 337 g/mol. The molecule has 0 aliphatic rings. The number of carbonyl (C=O) groups is 1. The number of nitrogens with one attached hydrogen (secondary N) is 2. The Kier molecular flexibility index (Phi) is 5.28. The maximum Gasteiger partial charge on any atom is 0.255 e. The number of halogens is 1. The van der Waals surface area contributed by atoms with Crippen molar-refractivity contribution < 1.29 is 17.6 Å². The molecule has 1 aromatic heterocycles. The van der Waals surface area contributed by atoms with E-state index in [9.17, 15) is 17.6 Å². The zero-order chi connectivity index (χ0) is 16.9. The molecule has 0 atom stereocenters. The van der Waals surface area contributed by atoms with E-state index in [-0.39, 0.29) is 17.2 Å². The Hall–Kier alpha value is -2.48. The number of sulfone groups is 1. The summed E-state index contributed by atoms with van der Waals surface area (Å²) in [4.78, 5) is 16.1. The van der Waals surface area contributed by atoms with Crippen LogP contribution in [0.4, 0.5) is 10.2 Å². The van der Waals surface area contributed by atoms with Gasteiger partial charge >= 0.3 is 0 Å². The van der Waals surface area contributed by atoms with Crippen LogP contribution in [-0.2, 0) is 9.84 Å². The lowest BCUT2D eigenvalue weighted by Crippen LogP contribution is -2.29. The average molecular weight is 337 g/mol. The van der Waals surface area contributed by atoms with Crippen molar-refractivity contribution in [2.75, 3.05) is 24.7 Å². The van der Waals surface area contributed by atoms with Crippen LogP contribution in [0, 0.1) is 5.82 Å². The van der Waals surface area contributed by atoms with E-state index in [1.807, 2.05) is 0 Å². The third-order valence-electron chi connectivity index (χ3n) is 3.12. The van der Waals surface area contributed by atoms with E-state index < -0.39 is 21.6 Å². The third-order valence-corrected chi connectivity index (χ3v) is 4.85. The van der Waals surface area contributed by atoms with E-state index in [4.69, 9.17) is 0 Å². The second-order valence-corrected chi connectivity index (χ2v) is 6.79. The Bertz CT molecular complexity index is 792. The van der Waals surface area contributed by atoms with Crippen LogP contribution in [0.1, 0.15) is 10.4 Å². The molecule has 0 saturated carbocycles. The molecule has 1 heterocycles. The lowest BCUT2D eigenvalue weighted by atomic mass is 10.2. The first kappa shape index (κ1) is 16.9. The van der Waals surface area contributed by atoms with Crippen molar-refractivity contribution in [3.63, 3.8) is 0 Å². The fourth-order valence-electron chi connectivity index (χ4n) is 1.94. The second-order valence-electron chi connectivity index (χ2n) is 4.68. The molecule has 0 aliphatic heterocycles. The first-order valence-electron chi connectivity index (χ1n) is 6.83. The molecule has 0 spiro atoms. The molecule has 6 nitrogen and oxygen atoms in total. The van der Waals surface area contributed by atoms with Crippen LogP contribution in [0.3, 0.4) is 0 Å². The molecule has 0 bridgehead atoms. The molecular weight excluding hydrogens is 321 g/mol. The molecule has 2 rings (SSSR count). The van der Waals surface area contributed by atoms with Gasteiger partial charge in [-0.3, -0.25) is 4.79 Å². The highest BCUT2D eigenvalue weighted by Crippen LogP contribution is 2.12. The number of pyridine rings is 1. The molecule has 0 saturated heterocycles.